The lowest BCUT2D eigenvalue weighted by Crippen LogP contribution is -2.43. The van der Waals surface area contributed by atoms with E-state index in [1.165, 1.54) is 5.56 Å². The number of likely N-dealkylation sites (N-methyl/N-ethyl adjacent to an activating group) is 1. The summed E-state index contributed by atoms with van der Waals surface area (Å²) < 4.78 is 0. The van der Waals surface area contributed by atoms with Crippen molar-refractivity contribution in [2.24, 2.45) is 5.92 Å². The van der Waals surface area contributed by atoms with E-state index in [9.17, 15) is 9.90 Å². The zero-order valence-electron chi connectivity index (χ0n) is 11.7. The molecule has 2 rings (SSSR count). The van der Waals surface area contributed by atoms with Crippen LogP contribution in [-0.4, -0.2) is 41.7 Å². The van der Waals surface area contributed by atoms with Crippen LogP contribution < -0.4 is 5.32 Å². The normalized spacial score (nSPS) is 21.0. The standard InChI is InChI=1S/C15H21ClN2O2/c1-2-17-14(15(19)20)12-7-8-18(10-12)9-11-3-5-13(16)6-4-11/h3-6,12,14,17H,2,7-10H2,1H3,(H,19,20). The van der Waals surface area contributed by atoms with Crippen LogP contribution in [0.4, 0.5) is 0 Å². The number of benzene rings is 1. The van der Waals surface area contributed by atoms with Gasteiger partial charge in [0.1, 0.15) is 6.04 Å². The SMILES string of the molecule is CCNC(C(=O)O)C1CCN(Cc2ccc(Cl)cc2)C1. The minimum absolute atomic E-state index is 0.180. The van der Waals surface area contributed by atoms with Gasteiger partial charge in [0, 0.05) is 18.1 Å². The third-order valence-electron chi connectivity index (χ3n) is 3.79. The van der Waals surface area contributed by atoms with Gasteiger partial charge in [-0.1, -0.05) is 30.7 Å². The molecular weight excluding hydrogens is 276 g/mol. The molecule has 1 fully saturated rings. The average molecular weight is 297 g/mol. The van der Waals surface area contributed by atoms with Crippen LogP contribution in [0.1, 0.15) is 18.9 Å². The van der Waals surface area contributed by atoms with E-state index < -0.39 is 12.0 Å². The van der Waals surface area contributed by atoms with Crippen LogP contribution in [0.15, 0.2) is 24.3 Å². The number of likely N-dealkylation sites (tertiary alicyclic amines) is 1. The molecular formula is C15H21ClN2O2. The summed E-state index contributed by atoms with van der Waals surface area (Å²) in [5.41, 5.74) is 1.21. The topological polar surface area (TPSA) is 52.6 Å². The smallest absolute Gasteiger partial charge is 0.321 e. The second kappa shape index (κ2) is 7.07. The number of carboxylic acids is 1. The van der Waals surface area contributed by atoms with E-state index in [0.29, 0.717) is 6.54 Å². The lowest BCUT2D eigenvalue weighted by atomic mass is 9.99. The maximum atomic E-state index is 11.3. The Bertz CT molecular complexity index is 450. The van der Waals surface area contributed by atoms with Crippen LogP contribution in [0.25, 0.3) is 0 Å². The highest BCUT2D eigenvalue weighted by Crippen LogP contribution is 2.22. The minimum Gasteiger partial charge on any atom is -0.480 e. The molecule has 2 N–H and O–H groups in total. The largest absolute Gasteiger partial charge is 0.480 e. The first-order chi connectivity index (χ1) is 9.60. The molecule has 0 aromatic heterocycles. The molecule has 0 aliphatic carbocycles. The molecule has 0 amide bonds. The quantitative estimate of drug-likeness (QED) is 0.845. The fraction of sp³-hybridized carbons (Fsp3) is 0.533. The number of halogens is 1. The van der Waals surface area contributed by atoms with Gasteiger partial charge >= 0.3 is 5.97 Å². The number of nitrogens with one attached hydrogen (secondary N) is 1. The van der Waals surface area contributed by atoms with E-state index in [-0.39, 0.29) is 5.92 Å². The third-order valence-corrected chi connectivity index (χ3v) is 4.04. The van der Waals surface area contributed by atoms with Crippen LogP contribution in [0.3, 0.4) is 0 Å². The highest BCUT2D eigenvalue weighted by atomic mass is 35.5. The molecule has 2 atom stereocenters. The lowest BCUT2D eigenvalue weighted by Gasteiger charge is -2.21. The molecule has 0 spiro atoms. The Kier molecular flexibility index (Phi) is 5.40. The molecule has 0 bridgehead atoms. The minimum atomic E-state index is -0.745. The summed E-state index contributed by atoms with van der Waals surface area (Å²) in [7, 11) is 0. The molecule has 0 radical (unpaired) electrons. The van der Waals surface area contributed by atoms with Gasteiger partial charge in [0.15, 0.2) is 0 Å². The Morgan fingerprint density at radius 2 is 2.20 bits per heavy atom. The molecule has 1 heterocycles. The number of hydrogen-bond acceptors (Lipinski definition) is 3. The molecule has 1 aromatic carbocycles. The zero-order chi connectivity index (χ0) is 14.5. The molecule has 4 nitrogen and oxygen atoms in total. The fourth-order valence-corrected chi connectivity index (χ4v) is 2.93. The molecule has 1 aromatic rings. The van der Waals surface area contributed by atoms with Crippen molar-refractivity contribution in [3.8, 4) is 0 Å². The van der Waals surface area contributed by atoms with Crippen molar-refractivity contribution < 1.29 is 9.90 Å². The first kappa shape index (κ1) is 15.3. The Labute approximate surface area is 124 Å². The van der Waals surface area contributed by atoms with Crippen molar-refractivity contribution in [2.45, 2.75) is 25.9 Å². The van der Waals surface area contributed by atoms with Gasteiger partial charge in [-0.05, 0) is 43.1 Å². The second-order valence-electron chi connectivity index (χ2n) is 5.28. The first-order valence-electron chi connectivity index (χ1n) is 7.03. The van der Waals surface area contributed by atoms with Crippen molar-refractivity contribution >= 4 is 17.6 Å². The van der Waals surface area contributed by atoms with Crippen LogP contribution in [0.2, 0.25) is 5.02 Å². The number of carboxylic acid groups (broad SMARTS) is 1. The average Bonchev–Trinajstić information content (AvgIpc) is 2.86. The van der Waals surface area contributed by atoms with Crippen LogP contribution in [-0.2, 0) is 11.3 Å². The first-order valence-corrected chi connectivity index (χ1v) is 7.41. The number of nitrogens with zero attached hydrogens (tertiary/aromatic N) is 1. The predicted octanol–water partition coefficient (Wildman–Crippen LogP) is 2.22. The Balaban J connectivity index is 1.91. The van der Waals surface area contributed by atoms with Crippen molar-refractivity contribution in [2.75, 3.05) is 19.6 Å². The summed E-state index contributed by atoms with van der Waals surface area (Å²) >= 11 is 5.88. The monoisotopic (exact) mass is 296 g/mol. The number of hydrogen-bond donors (Lipinski definition) is 2. The van der Waals surface area contributed by atoms with E-state index >= 15 is 0 Å². The predicted molar refractivity (Wildman–Crippen MR) is 79.9 cm³/mol. The van der Waals surface area contributed by atoms with Gasteiger partial charge in [-0.2, -0.15) is 0 Å². The molecule has 1 aliphatic heterocycles. The Morgan fingerprint density at radius 3 is 2.80 bits per heavy atom. The van der Waals surface area contributed by atoms with Gasteiger partial charge in [0.2, 0.25) is 0 Å². The molecule has 20 heavy (non-hydrogen) atoms. The van der Waals surface area contributed by atoms with Crippen LogP contribution >= 0.6 is 11.6 Å². The van der Waals surface area contributed by atoms with E-state index in [2.05, 4.69) is 10.2 Å². The number of rotatable bonds is 6. The molecule has 110 valence electrons. The molecule has 1 saturated heterocycles. The van der Waals surface area contributed by atoms with E-state index in [4.69, 9.17) is 11.6 Å². The van der Waals surface area contributed by atoms with Gasteiger partial charge in [-0.25, -0.2) is 0 Å². The lowest BCUT2D eigenvalue weighted by molar-refractivity contribution is -0.140. The van der Waals surface area contributed by atoms with E-state index in [0.717, 1.165) is 31.1 Å². The summed E-state index contributed by atoms with van der Waals surface area (Å²) in [4.78, 5) is 13.6. The van der Waals surface area contributed by atoms with Crippen molar-refractivity contribution in [3.05, 3.63) is 34.9 Å². The van der Waals surface area contributed by atoms with Gasteiger partial charge < -0.3 is 10.4 Å². The number of aliphatic carboxylic acids is 1. The number of carbonyl (C=O) groups is 1. The van der Waals surface area contributed by atoms with Crippen LogP contribution in [0.5, 0.6) is 0 Å². The maximum absolute atomic E-state index is 11.3. The van der Waals surface area contributed by atoms with Crippen molar-refractivity contribution in [3.63, 3.8) is 0 Å². The van der Waals surface area contributed by atoms with Crippen molar-refractivity contribution in [1.29, 1.82) is 0 Å². The van der Waals surface area contributed by atoms with Gasteiger partial charge in [0.25, 0.3) is 0 Å². The molecule has 0 saturated carbocycles. The summed E-state index contributed by atoms with van der Waals surface area (Å²) in [6, 6.07) is 7.39. The van der Waals surface area contributed by atoms with Crippen molar-refractivity contribution in [1.82, 2.24) is 10.2 Å². The molecule has 2 unspecified atom stereocenters. The van der Waals surface area contributed by atoms with Gasteiger partial charge in [-0.15, -0.1) is 0 Å². The maximum Gasteiger partial charge on any atom is 0.321 e. The Morgan fingerprint density at radius 1 is 1.50 bits per heavy atom. The van der Waals surface area contributed by atoms with Gasteiger partial charge in [-0.3, -0.25) is 9.69 Å². The Hall–Kier alpha value is -1.10. The molecule has 1 aliphatic rings. The summed E-state index contributed by atoms with van der Waals surface area (Å²) in [6.07, 6.45) is 0.928. The summed E-state index contributed by atoms with van der Waals surface area (Å²) in [5.74, 6) is -0.565. The zero-order valence-corrected chi connectivity index (χ0v) is 12.4. The highest BCUT2D eigenvalue weighted by Gasteiger charge is 2.33. The molecule has 5 heteroatoms. The second-order valence-corrected chi connectivity index (χ2v) is 5.72. The van der Waals surface area contributed by atoms with Crippen LogP contribution in [0, 0.1) is 5.92 Å². The summed E-state index contributed by atoms with van der Waals surface area (Å²) in [6.45, 7) is 5.25. The third kappa shape index (κ3) is 3.95. The van der Waals surface area contributed by atoms with E-state index in [1.54, 1.807) is 0 Å². The summed E-state index contributed by atoms with van der Waals surface area (Å²) in [5, 5.41) is 13.1. The fourth-order valence-electron chi connectivity index (χ4n) is 2.80. The van der Waals surface area contributed by atoms with E-state index in [1.807, 2.05) is 31.2 Å². The van der Waals surface area contributed by atoms with Gasteiger partial charge in [0.05, 0.1) is 0 Å². The highest BCUT2D eigenvalue weighted by molar-refractivity contribution is 6.30.